The molecule has 4 heteroatoms. The van der Waals surface area contributed by atoms with Crippen molar-refractivity contribution in [3.05, 3.63) is 24.0 Å². The third kappa shape index (κ3) is 2.32. The van der Waals surface area contributed by atoms with Crippen molar-refractivity contribution in [2.75, 3.05) is 13.0 Å². The van der Waals surface area contributed by atoms with E-state index in [0.717, 1.165) is 29.0 Å². The van der Waals surface area contributed by atoms with E-state index in [0.29, 0.717) is 5.88 Å². The van der Waals surface area contributed by atoms with Gasteiger partial charge in [0, 0.05) is 23.9 Å². The highest BCUT2D eigenvalue weighted by molar-refractivity contribution is 6.17. The summed E-state index contributed by atoms with van der Waals surface area (Å²) >= 11 is 5.87. The largest absolute Gasteiger partial charge is 0.497 e. The van der Waals surface area contributed by atoms with Crippen LogP contribution in [0.1, 0.15) is 26.6 Å². The van der Waals surface area contributed by atoms with E-state index in [1.54, 1.807) is 7.11 Å². The molecule has 2 aromatic rings. The van der Waals surface area contributed by atoms with Gasteiger partial charge in [0.25, 0.3) is 0 Å². The number of rotatable bonds is 3. The maximum Gasteiger partial charge on any atom is 0.121 e. The van der Waals surface area contributed by atoms with Crippen LogP contribution < -0.4 is 4.74 Å². The van der Waals surface area contributed by atoms with Crippen LogP contribution in [0.4, 0.5) is 0 Å². The topological polar surface area (TPSA) is 27.1 Å². The molecule has 98 valence electrons. The highest BCUT2D eigenvalue weighted by Crippen LogP contribution is 2.28. The molecule has 1 aromatic heterocycles. The number of methoxy groups -OCH3 is 1. The molecule has 3 nitrogen and oxygen atoms in total. The van der Waals surface area contributed by atoms with Crippen LogP contribution in [-0.4, -0.2) is 22.5 Å². The zero-order valence-corrected chi connectivity index (χ0v) is 12.1. The fourth-order valence-corrected chi connectivity index (χ4v) is 2.40. The number of ether oxygens (including phenoxy) is 1. The Morgan fingerprint density at radius 3 is 2.61 bits per heavy atom. The number of benzene rings is 1. The average Bonchev–Trinajstić information content (AvgIpc) is 2.65. The van der Waals surface area contributed by atoms with E-state index >= 15 is 0 Å². The number of hydrogen-bond donors (Lipinski definition) is 0. The molecule has 1 heterocycles. The molecule has 0 spiro atoms. The minimum atomic E-state index is -0.0253. The van der Waals surface area contributed by atoms with Gasteiger partial charge in [0.05, 0.1) is 18.1 Å². The highest BCUT2D eigenvalue weighted by Gasteiger charge is 2.21. The maximum atomic E-state index is 5.87. The zero-order chi connectivity index (χ0) is 13.3. The van der Waals surface area contributed by atoms with E-state index in [-0.39, 0.29) is 5.54 Å². The molecule has 0 aliphatic rings. The Bertz CT molecular complexity index is 555. The van der Waals surface area contributed by atoms with Gasteiger partial charge in [-0.3, -0.25) is 0 Å². The van der Waals surface area contributed by atoms with Crippen LogP contribution in [0, 0.1) is 0 Å². The Morgan fingerprint density at radius 1 is 1.33 bits per heavy atom. The zero-order valence-electron chi connectivity index (χ0n) is 11.3. The van der Waals surface area contributed by atoms with Crippen LogP contribution in [-0.2, 0) is 12.0 Å². The first-order valence-electron chi connectivity index (χ1n) is 6.09. The highest BCUT2D eigenvalue weighted by atomic mass is 35.5. The van der Waals surface area contributed by atoms with Crippen LogP contribution in [0.5, 0.6) is 5.75 Å². The third-order valence-electron chi connectivity index (χ3n) is 2.92. The van der Waals surface area contributed by atoms with Crippen LogP contribution in [0.15, 0.2) is 18.2 Å². The molecule has 0 N–H and O–H groups in total. The molecule has 0 saturated heterocycles. The van der Waals surface area contributed by atoms with Crippen LogP contribution in [0.25, 0.3) is 11.0 Å². The van der Waals surface area contributed by atoms with Crippen molar-refractivity contribution in [1.82, 2.24) is 9.55 Å². The van der Waals surface area contributed by atoms with Gasteiger partial charge in [-0.05, 0) is 32.9 Å². The first-order valence-corrected chi connectivity index (χ1v) is 6.62. The summed E-state index contributed by atoms with van der Waals surface area (Å²) in [5.74, 6) is 2.46. The Balaban J connectivity index is 2.70. The van der Waals surface area contributed by atoms with Crippen molar-refractivity contribution in [2.45, 2.75) is 32.7 Å². The summed E-state index contributed by atoms with van der Waals surface area (Å²) in [5, 5.41) is 0. The molecule has 18 heavy (non-hydrogen) atoms. The Labute approximate surface area is 113 Å². The lowest BCUT2D eigenvalue weighted by molar-refractivity contribution is 0.393. The van der Waals surface area contributed by atoms with Crippen molar-refractivity contribution in [2.24, 2.45) is 0 Å². The van der Waals surface area contributed by atoms with Gasteiger partial charge >= 0.3 is 0 Å². The Kier molecular flexibility index (Phi) is 3.53. The lowest BCUT2D eigenvalue weighted by atomic mass is 10.1. The summed E-state index contributed by atoms with van der Waals surface area (Å²) in [5.41, 5.74) is 2.07. The van der Waals surface area contributed by atoms with E-state index < -0.39 is 0 Å². The van der Waals surface area contributed by atoms with Crippen LogP contribution in [0.2, 0.25) is 0 Å². The number of hydrogen-bond acceptors (Lipinski definition) is 2. The standard InChI is InChI=1S/C14H19ClN2O/c1-14(2,3)17-12-9-10(18-4)5-6-11(12)16-13(17)7-8-15/h5-6,9H,7-8H2,1-4H3. The molecule has 0 aliphatic carbocycles. The molecule has 0 unspecified atom stereocenters. The van der Waals surface area contributed by atoms with Gasteiger partial charge in [-0.2, -0.15) is 0 Å². The predicted molar refractivity (Wildman–Crippen MR) is 75.7 cm³/mol. The molecule has 2 rings (SSSR count). The minimum Gasteiger partial charge on any atom is -0.497 e. The number of fused-ring (bicyclic) bond motifs is 1. The second-order valence-corrected chi connectivity index (χ2v) is 5.71. The molecule has 0 amide bonds. The van der Waals surface area contributed by atoms with Crippen molar-refractivity contribution < 1.29 is 4.74 Å². The summed E-state index contributed by atoms with van der Waals surface area (Å²) in [7, 11) is 1.68. The van der Waals surface area contributed by atoms with Crippen molar-refractivity contribution in [3.8, 4) is 5.75 Å². The van der Waals surface area contributed by atoms with E-state index in [9.17, 15) is 0 Å². The van der Waals surface area contributed by atoms with Gasteiger partial charge in [0.1, 0.15) is 11.6 Å². The monoisotopic (exact) mass is 266 g/mol. The van der Waals surface area contributed by atoms with Gasteiger partial charge in [-0.25, -0.2) is 4.98 Å². The minimum absolute atomic E-state index is 0.0253. The SMILES string of the molecule is COc1ccc2nc(CCCl)n(C(C)(C)C)c2c1. The van der Waals surface area contributed by atoms with Gasteiger partial charge in [0.2, 0.25) is 0 Å². The van der Waals surface area contributed by atoms with Gasteiger partial charge in [0.15, 0.2) is 0 Å². The molecule has 0 atom stereocenters. The van der Waals surface area contributed by atoms with E-state index in [1.807, 2.05) is 18.2 Å². The van der Waals surface area contributed by atoms with Crippen molar-refractivity contribution in [3.63, 3.8) is 0 Å². The maximum absolute atomic E-state index is 5.87. The second-order valence-electron chi connectivity index (χ2n) is 5.33. The molecule has 0 fully saturated rings. The lowest BCUT2D eigenvalue weighted by Gasteiger charge is -2.24. The lowest BCUT2D eigenvalue weighted by Crippen LogP contribution is -2.24. The van der Waals surface area contributed by atoms with Gasteiger partial charge in [-0.1, -0.05) is 0 Å². The molecular formula is C14H19ClN2O. The summed E-state index contributed by atoms with van der Waals surface area (Å²) in [4.78, 5) is 4.67. The molecule has 0 aliphatic heterocycles. The summed E-state index contributed by atoms with van der Waals surface area (Å²) < 4.78 is 7.54. The summed E-state index contributed by atoms with van der Waals surface area (Å²) in [6, 6.07) is 5.96. The summed E-state index contributed by atoms with van der Waals surface area (Å²) in [6.45, 7) is 6.52. The molecule has 0 bridgehead atoms. The van der Waals surface area contributed by atoms with E-state index in [2.05, 4.69) is 30.3 Å². The number of halogens is 1. The van der Waals surface area contributed by atoms with Crippen LogP contribution in [0.3, 0.4) is 0 Å². The molecule has 0 saturated carbocycles. The second kappa shape index (κ2) is 4.81. The first-order chi connectivity index (χ1) is 8.47. The van der Waals surface area contributed by atoms with Gasteiger partial charge < -0.3 is 9.30 Å². The first kappa shape index (κ1) is 13.2. The number of aromatic nitrogens is 2. The molecular weight excluding hydrogens is 248 g/mol. The smallest absolute Gasteiger partial charge is 0.121 e. The predicted octanol–water partition coefficient (Wildman–Crippen LogP) is 3.58. The molecule has 1 aromatic carbocycles. The third-order valence-corrected chi connectivity index (χ3v) is 3.11. The fraction of sp³-hybridized carbons (Fsp3) is 0.500. The molecule has 0 radical (unpaired) electrons. The summed E-state index contributed by atoms with van der Waals surface area (Å²) in [6.07, 6.45) is 0.774. The number of aryl methyl sites for hydroxylation is 1. The Morgan fingerprint density at radius 2 is 2.06 bits per heavy atom. The fourth-order valence-electron chi connectivity index (χ4n) is 2.23. The van der Waals surface area contributed by atoms with Crippen molar-refractivity contribution >= 4 is 22.6 Å². The number of nitrogens with zero attached hydrogens (tertiary/aromatic N) is 2. The van der Waals surface area contributed by atoms with Gasteiger partial charge in [-0.15, -0.1) is 11.6 Å². The van der Waals surface area contributed by atoms with E-state index in [4.69, 9.17) is 16.3 Å². The quantitative estimate of drug-likeness (QED) is 0.794. The number of alkyl halides is 1. The Hall–Kier alpha value is -1.22. The van der Waals surface area contributed by atoms with Crippen LogP contribution >= 0.6 is 11.6 Å². The normalized spacial score (nSPS) is 12.1. The average molecular weight is 267 g/mol. The van der Waals surface area contributed by atoms with Crippen molar-refractivity contribution in [1.29, 1.82) is 0 Å². The number of imidazole rings is 1. The van der Waals surface area contributed by atoms with E-state index in [1.165, 1.54) is 0 Å².